The van der Waals surface area contributed by atoms with Crippen LogP contribution in [0.3, 0.4) is 0 Å². The highest BCUT2D eigenvalue weighted by Gasteiger charge is 2.56. The molecule has 0 aliphatic heterocycles. The SMILES string of the molecule is C=CP(=O)(OC)C(CC)(C(=O)O)c1c(C(C)C)nc2ccccc2c1-c1ccc(F)cc1. The minimum absolute atomic E-state index is 0.0204. The average molecular weight is 455 g/mol. The molecule has 3 aromatic rings. The van der Waals surface area contributed by atoms with E-state index < -0.39 is 24.3 Å². The van der Waals surface area contributed by atoms with Crippen LogP contribution in [0, 0.1) is 5.82 Å². The van der Waals surface area contributed by atoms with Gasteiger partial charge in [0.2, 0.25) is 7.37 Å². The topological polar surface area (TPSA) is 76.5 Å². The molecule has 0 saturated heterocycles. The monoisotopic (exact) mass is 455 g/mol. The van der Waals surface area contributed by atoms with Crippen molar-refractivity contribution in [2.45, 2.75) is 38.3 Å². The molecule has 168 valence electrons. The number of aromatic nitrogens is 1. The van der Waals surface area contributed by atoms with Crippen LogP contribution in [0.25, 0.3) is 22.0 Å². The zero-order valence-electron chi connectivity index (χ0n) is 18.6. The van der Waals surface area contributed by atoms with Gasteiger partial charge in [0.15, 0.2) is 5.16 Å². The van der Waals surface area contributed by atoms with Gasteiger partial charge in [-0.2, -0.15) is 0 Å². The van der Waals surface area contributed by atoms with Crippen molar-refractivity contribution in [3.05, 3.63) is 78.0 Å². The Morgan fingerprint density at radius 3 is 2.38 bits per heavy atom. The molecule has 3 rings (SSSR count). The van der Waals surface area contributed by atoms with Crippen LogP contribution < -0.4 is 0 Å². The number of halogens is 1. The summed E-state index contributed by atoms with van der Waals surface area (Å²) >= 11 is 0. The van der Waals surface area contributed by atoms with Crippen LogP contribution in [-0.4, -0.2) is 23.2 Å². The lowest BCUT2D eigenvalue weighted by molar-refractivity contribution is -0.140. The molecule has 0 aliphatic carbocycles. The van der Waals surface area contributed by atoms with Crippen molar-refractivity contribution in [1.82, 2.24) is 4.98 Å². The van der Waals surface area contributed by atoms with E-state index in [1.54, 1.807) is 19.1 Å². The number of carbonyl (C=O) groups is 1. The maximum Gasteiger partial charge on any atom is 0.324 e. The standard InChI is InChI=1S/C25H27FNO4P/c1-6-25(24(28)29,32(30,7-2)31-5)22-21(17-12-14-18(26)15-13-17)19-10-8-9-11-20(19)27-23(22)16(3)4/h7-16H,2,6H2,1,3-5H3,(H,28,29). The van der Waals surface area contributed by atoms with E-state index in [9.17, 15) is 18.9 Å². The Labute approximate surface area is 187 Å². The summed E-state index contributed by atoms with van der Waals surface area (Å²) in [7, 11) is -2.72. The summed E-state index contributed by atoms with van der Waals surface area (Å²) in [5.41, 5.74) is 2.65. The second-order valence-corrected chi connectivity index (χ2v) is 10.6. The maximum atomic E-state index is 14.0. The first-order valence-electron chi connectivity index (χ1n) is 10.4. The number of para-hydroxylation sites is 1. The third kappa shape index (κ3) is 3.58. The van der Waals surface area contributed by atoms with E-state index in [1.165, 1.54) is 19.2 Å². The molecule has 0 radical (unpaired) electrons. The summed E-state index contributed by atoms with van der Waals surface area (Å²) in [5, 5.41) is 9.34. The molecule has 1 N–H and O–H groups in total. The van der Waals surface area contributed by atoms with Gasteiger partial charge in [-0.15, -0.1) is 0 Å². The van der Waals surface area contributed by atoms with Crippen LogP contribution in [0.5, 0.6) is 0 Å². The molecule has 2 unspecified atom stereocenters. The van der Waals surface area contributed by atoms with Gasteiger partial charge in [0, 0.05) is 23.8 Å². The molecular weight excluding hydrogens is 428 g/mol. The second kappa shape index (κ2) is 8.97. The summed E-state index contributed by atoms with van der Waals surface area (Å²) in [6, 6.07) is 13.2. The fraction of sp³-hybridized carbons (Fsp3) is 0.280. The molecule has 0 bridgehead atoms. The molecule has 0 saturated carbocycles. The molecule has 5 nitrogen and oxygen atoms in total. The third-order valence-corrected chi connectivity index (χ3v) is 8.74. The van der Waals surface area contributed by atoms with Crippen molar-refractivity contribution in [3.8, 4) is 11.1 Å². The summed E-state index contributed by atoms with van der Waals surface area (Å²) in [4.78, 5) is 17.8. The van der Waals surface area contributed by atoms with Gasteiger partial charge in [0.05, 0.1) is 5.52 Å². The van der Waals surface area contributed by atoms with Crippen LogP contribution in [0.1, 0.15) is 44.4 Å². The number of rotatable bonds is 8. The van der Waals surface area contributed by atoms with Crippen molar-refractivity contribution in [2.75, 3.05) is 7.11 Å². The van der Waals surface area contributed by atoms with Crippen molar-refractivity contribution >= 4 is 24.2 Å². The molecule has 0 spiro atoms. The molecule has 7 heteroatoms. The Morgan fingerprint density at radius 2 is 1.88 bits per heavy atom. The number of fused-ring (bicyclic) bond motifs is 1. The van der Waals surface area contributed by atoms with Crippen LogP contribution in [-0.2, 0) is 19.0 Å². The van der Waals surface area contributed by atoms with Crippen molar-refractivity contribution in [2.24, 2.45) is 0 Å². The zero-order chi connectivity index (χ0) is 23.7. The molecule has 1 aromatic heterocycles. The van der Waals surface area contributed by atoms with E-state index in [4.69, 9.17) is 9.51 Å². The Morgan fingerprint density at radius 1 is 1.25 bits per heavy atom. The highest BCUT2D eigenvalue weighted by atomic mass is 31.2. The summed E-state index contributed by atoms with van der Waals surface area (Å²) < 4.78 is 33.1. The minimum atomic E-state index is -3.95. The van der Waals surface area contributed by atoms with Crippen molar-refractivity contribution < 1.29 is 23.4 Å². The predicted molar refractivity (Wildman–Crippen MR) is 126 cm³/mol. The van der Waals surface area contributed by atoms with E-state index in [1.807, 2.05) is 38.1 Å². The van der Waals surface area contributed by atoms with Gasteiger partial charge in [0.25, 0.3) is 0 Å². The van der Waals surface area contributed by atoms with Gasteiger partial charge in [-0.05, 0) is 47.5 Å². The lowest BCUT2D eigenvalue weighted by Crippen LogP contribution is -2.37. The number of carboxylic acid groups (broad SMARTS) is 1. The van der Waals surface area contributed by atoms with Crippen LogP contribution in [0.2, 0.25) is 0 Å². The van der Waals surface area contributed by atoms with E-state index in [2.05, 4.69) is 6.58 Å². The fourth-order valence-corrected chi connectivity index (χ4v) is 6.33. The number of nitrogens with zero attached hydrogens (tertiary/aromatic N) is 1. The average Bonchev–Trinajstić information content (AvgIpc) is 2.79. The number of pyridine rings is 1. The van der Waals surface area contributed by atoms with Gasteiger partial charge in [-0.1, -0.05) is 57.7 Å². The van der Waals surface area contributed by atoms with E-state index in [0.29, 0.717) is 33.3 Å². The van der Waals surface area contributed by atoms with Crippen LogP contribution in [0.4, 0.5) is 4.39 Å². The molecule has 2 aromatic carbocycles. The highest BCUT2D eigenvalue weighted by Crippen LogP contribution is 2.68. The van der Waals surface area contributed by atoms with Gasteiger partial charge >= 0.3 is 5.97 Å². The smallest absolute Gasteiger partial charge is 0.324 e. The minimum Gasteiger partial charge on any atom is -0.480 e. The normalized spacial score (nSPS) is 15.3. The molecule has 32 heavy (non-hydrogen) atoms. The van der Waals surface area contributed by atoms with E-state index >= 15 is 0 Å². The van der Waals surface area contributed by atoms with E-state index in [-0.39, 0.29) is 12.3 Å². The number of hydrogen-bond donors (Lipinski definition) is 1. The quantitative estimate of drug-likeness (QED) is 0.373. The molecule has 0 aliphatic rings. The van der Waals surface area contributed by atoms with Gasteiger partial charge in [-0.3, -0.25) is 14.3 Å². The number of benzene rings is 2. The summed E-state index contributed by atoms with van der Waals surface area (Å²) in [5.74, 6) is -0.772. The fourth-order valence-electron chi connectivity index (χ4n) is 4.31. The summed E-state index contributed by atoms with van der Waals surface area (Å²) in [6.07, 6.45) is -0.0204. The van der Waals surface area contributed by atoms with E-state index in [0.717, 1.165) is 5.82 Å². The van der Waals surface area contributed by atoms with Gasteiger partial charge in [0.1, 0.15) is 5.82 Å². The summed E-state index contributed by atoms with van der Waals surface area (Å²) in [6.45, 7) is 9.13. The lowest BCUT2D eigenvalue weighted by Gasteiger charge is -2.37. The molecular formula is C25H27FNO4P. The van der Waals surface area contributed by atoms with Crippen molar-refractivity contribution in [1.29, 1.82) is 0 Å². The number of hydrogen-bond acceptors (Lipinski definition) is 4. The van der Waals surface area contributed by atoms with Gasteiger partial charge < -0.3 is 9.63 Å². The lowest BCUT2D eigenvalue weighted by atomic mass is 9.82. The predicted octanol–water partition coefficient (Wildman–Crippen LogP) is 6.92. The largest absolute Gasteiger partial charge is 0.480 e. The Hall–Kier alpha value is -2.82. The Kier molecular flexibility index (Phi) is 6.68. The first-order valence-corrected chi connectivity index (χ1v) is 12.1. The number of aliphatic carboxylic acids is 1. The molecule has 0 fully saturated rings. The van der Waals surface area contributed by atoms with Crippen LogP contribution >= 0.6 is 7.37 Å². The van der Waals surface area contributed by atoms with Crippen molar-refractivity contribution in [3.63, 3.8) is 0 Å². The first kappa shape index (κ1) is 23.8. The first-order chi connectivity index (χ1) is 15.2. The second-order valence-electron chi connectivity index (χ2n) is 7.91. The molecule has 0 amide bonds. The Bertz CT molecular complexity index is 1220. The molecule has 1 heterocycles. The zero-order valence-corrected chi connectivity index (χ0v) is 19.5. The molecule has 2 atom stereocenters. The van der Waals surface area contributed by atoms with Crippen LogP contribution in [0.15, 0.2) is 60.9 Å². The third-order valence-electron chi connectivity index (χ3n) is 5.92. The maximum absolute atomic E-state index is 14.0. The Balaban J connectivity index is 2.68. The number of carboxylic acids is 1. The van der Waals surface area contributed by atoms with Gasteiger partial charge in [-0.25, -0.2) is 4.39 Å². The highest BCUT2D eigenvalue weighted by molar-refractivity contribution is 7.64.